The van der Waals surface area contributed by atoms with Gasteiger partial charge in [-0.1, -0.05) is 6.92 Å². The van der Waals surface area contributed by atoms with Gasteiger partial charge in [-0.15, -0.1) is 0 Å². The molecule has 2 N–H and O–H groups in total. The molecule has 1 atom stereocenters. The van der Waals surface area contributed by atoms with E-state index in [1.165, 1.54) is 6.20 Å². The zero-order chi connectivity index (χ0) is 24.7. The van der Waals surface area contributed by atoms with Gasteiger partial charge in [-0.05, 0) is 64.2 Å². The van der Waals surface area contributed by atoms with Gasteiger partial charge in [-0.25, -0.2) is 9.78 Å². The fraction of sp³-hybridized carbons (Fsp3) is 0.440. The van der Waals surface area contributed by atoms with Crippen molar-refractivity contribution in [2.75, 3.05) is 11.9 Å². The van der Waals surface area contributed by atoms with E-state index in [2.05, 4.69) is 21.7 Å². The van der Waals surface area contributed by atoms with E-state index in [0.717, 1.165) is 12.8 Å². The number of nitriles is 1. The van der Waals surface area contributed by atoms with Crippen LogP contribution in [0.1, 0.15) is 52.5 Å². The number of anilines is 1. The van der Waals surface area contributed by atoms with Crippen molar-refractivity contribution in [3.63, 3.8) is 0 Å². The molecule has 1 saturated carbocycles. The van der Waals surface area contributed by atoms with Crippen LogP contribution in [-0.2, 0) is 9.53 Å². The Morgan fingerprint density at radius 2 is 2.00 bits per heavy atom. The molecule has 180 valence electrons. The molecule has 1 aliphatic carbocycles. The van der Waals surface area contributed by atoms with Crippen molar-refractivity contribution in [3.05, 3.63) is 42.1 Å². The van der Waals surface area contributed by atoms with E-state index in [1.807, 2.05) is 20.8 Å². The Hall–Kier alpha value is -3.80. The number of carbonyl (C=O) groups excluding carboxylic acids is 2. The van der Waals surface area contributed by atoms with Gasteiger partial charge in [0.15, 0.2) is 6.10 Å². The summed E-state index contributed by atoms with van der Waals surface area (Å²) in [7, 11) is 0. The topological polar surface area (TPSA) is 123 Å². The van der Waals surface area contributed by atoms with Crippen LogP contribution < -0.4 is 20.1 Å². The lowest BCUT2D eigenvalue weighted by atomic mass is 10.1. The third-order valence-electron chi connectivity index (χ3n) is 4.86. The molecule has 9 nitrogen and oxygen atoms in total. The van der Waals surface area contributed by atoms with Crippen molar-refractivity contribution in [1.29, 1.82) is 5.26 Å². The monoisotopic (exact) mass is 466 g/mol. The van der Waals surface area contributed by atoms with E-state index in [4.69, 9.17) is 14.2 Å². The zero-order valence-corrected chi connectivity index (χ0v) is 19.9. The van der Waals surface area contributed by atoms with Gasteiger partial charge in [0.25, 0.3) is 5.91 Å². The summed E-state index contributed by atoms with van der Waals surface area (Å²) in [5.74, 6) is 1.39. The van der Waals surface area contributed by atoms with Crippen molar-refractivity contribution in [3.8, 4) is 23.4 Å². The SMILES string of the molecule is CC[C@@H](OC(=O)NC(C)(C)C)C(=O)Nc1ccc(Oc2ccc(C#N)c(OCC3CC3)c2)nc1. The van der Waals surface area contributed by atoms with E-state index in [-0.39, 0.29) is 0 Å². The lowest BCUT2D eigenvalue weighted by molar-refractivity contribution is -0.124. The number of nitrogens with one attached hydrogen (secondary N) is 2. The minimum Gasteiger partial charge on any atom is -0.492 e. The maximum atomic E-state index is 12.5. The molecule has 0 bridgehead atoms. The van der Waals surface area contributed by atoms with Gasteiger partial charge in [-0.3, -0.25) is 4.79 Å². The van der Waals surface area contributed by atoms with Gasteiger partial charge in [0.05, 0.1) is 24.1 Å². The van der Waals surface area contributed by atoms with Crippen molar-refractivity contribution in [1.82, 2.24) is 10.3 Å². The minimum absolute atomic E-state index is 0.309. The Kier molecular flexibility index (Phi) is 7.95. The molecule has 1 fully saturated rings. The highest BCUT2D eigenvalue weighted by molar-refractivity contribution is 5.95. The Bertz CT molecular complexity index is 1050. The van der Waals surface area contributed by atoms with E-state index in [1.54, 1.807) is 37.3 Å². The van der Waals surface area contributed by atoms with Crippen molar-refractivity contribution >= 4 is 17.7 Å². The number of benzene rings is 1. The van der Waals surface area contributed by atoms with E-state index >= 15 is 0 Å². The molecule has 1 aromatic heterocycles. The summed E-state index contributed by atoms with van der Waals surface area (Å²) in [5, 5.41) is 14.6. The number of hydrogen-bond donors (Lipinski definition) is 2. The predicted molar refractivity (Wildman–Crippen MR) is 126 cm³/mol. The van der Waals surface area contributed by atoms with E-state index in [9.17, 15) is 14.9 Å². The van der Waals surface area contributed by atoms with Gasteiger partial charge < -0.3 is 24.8 Å². The third-order valence-corrected chi connectivity index (χ3v) is 4.86. The van der Waals surface area contributed by atoms with Crippen molar-refractivity contribution in [2.24, 2.45) is 5.92 Å². The molecule has 1 aliphatic rings. The quantitative estimate of drug-likeness (QED) is 0.545. The highest BCUT2D eigenvalue weighted by Gasteiger charge is 2.24. The van der Waals surface area contributed by atoms with Crippen LogP contribution in [0.15, 0.2) is 36.5 Å². The number of aromatic nitrogens is 1. The Morgan fingerprint density at radius 1 is 1.24 bits per heavy atom. The van der Waals surface area contributed by atoms with Crippen molar-refractivity contribution in [2.45, 2.75) is 58.6 Å². The van der Waals surface area contributed by atoms with Crippen LogP contribution in [0.3, 0.4) is 0 Å². The molecule has 3 rings (SSSR count). The smallest absolute Gasteiger partial charge is 0.408 e. The summed E-state index contributed by atoms with van der Waals surface area (Å²) in [5.41, 5.74) is 0.414. The van der Waals surface area contributed by atoms with Crippen LogP contribution in [0, 0.1) is 17.2 Å². The maximum absolute atomic E-state index is 12.5. The molecule has 0 unspecified atom stereocenters. The first-order valence-corrected chi connectivity index (χ1v) is 11.3. The molecule has 0 saturated heterocycles. The zero-order valence-electron chi connectivity index (χ0n) is 19.9. The van der Waals surface area contributed by atoms with Gasteiger partial charge >= 0.3 is 6.09 Å². The molecule has 0 spiro atoms. The maximum Gasteiger partial charge on any atom is 0.408 e. The first kappa shape index (κ1) is 24.8. The van der Waals surface area contributed by atoms with E-state index in [0.29, 0.717) is 47.6 Å². The van der Waals surface area contributed by atoms with Crippen LogP contribution in [0.4, 0.5) is 10.5 Å². The number of hydrogen-bond acceptors (Lipinski definition) is 7. The number of ether oxygens (including phenoxy) is 3. The fourth-order valence-electron chi connectivity index (χ4n) is 2.92. The number of pyridine rings is 1. The molecule has 1 heterocycles. The molecular weight excluding hydrogens is 436 g/mol. The second-order valence-electron chi connectivity index (χ2n) is 9.18. The number of amides is 2. The van der Waals surface area contributed by atoms with Gasteiger partial charge in [0.1, 0.15) is 17.6 Å². The summed E-state index contributed by atoms with van der Waals surface area (Å²) in [6, 6.07) is 10.3. The van der Waals surface area contributed by atoms with Gasteiger partial charge in [0, 0.05) is 17.7 Å². The summed E-state index contributed by atoms with van der Waals surface area (Å²) < 4.78 is 16.8. The third kappa shape index (κ3) is 7.66. The molecule has 9 heteroatoms. The summed E-state index contributed by atoms with van der Waals surface area (Å²) in [4.78, 5) is 28.7. The number of carbonyl (C=O) groups is 2. The van der Waals surface area contributed by atoms with Crippen LogP contribution in [-0.4, -0.2) is 35.2 Å². The largest absolute Gasteiger partial charge is 0.492 e. The van der Waals surface area contributed by atoms with Crippen LogP contribution in [0.2, 0.25) is 0 Å². The van der Waals surface area contributed by atoms with Gasteiger partial charge in [0.2, 0.25) is 5.88 Å². The highest BCUT2D eigenvalue weighted by Crippen LogP contribution is 2.32. The van der Waals surface area contributed by atoms with Crippen LogP contribution in [0.25, 0.3) is 0 Å². The molecule has 1 aromatic carbocycles. The van der Waals surface area contributed by atoms with Crippen LogP contribution >= 0.6 is 0 Å². The summed E-state index contributed by atoms with van der Waals surface area (Å²) in [6.07, 6.45) is 2.48. The second kappa shape index (κ2) is 10.9. The summed E-state index contributed by atoms with van der Waals surface area (Å²) >= 11 is 0. The lowest BCUT2D eigenvalue weighted by Gasteiger charge is -2.22. The van der Waals surface area contributed by atoms with Crippen molar-refractivity contribution < 1.29 is 23.8 Å². The molecule has 2 aromatic rings. The number of nitrogens with zero attached hydrogens (tertiary/aromatic N) is 2. The Balaban J connectivity index is 1.58. The minimum atomic E-state index is -0.939. The van der Waals surface area contributed by atoms with Gasteiger partial charge in [-0.2, -0.15) is 5.26 Å². The average Bonchev–Trinajstić information content (AvgIpc) is 3.61. The summed E-state index contributed by atoms with van der Waals surface area (Å²) in [6.45, 7) is 7.81. The number of alkyl carbamates (subject to hydrolysis) is 1. The standard InChI is InChI=1S/C25H30N4O5/c1-5-20(34-24(31)29-25(2,3)4)23(30)28-18-9-11-22(27-14-18)33-19-10-8-17(13-26)21(12-19)32-15-16-6-7-16/h8-12,14,16,20H,5-7,15H2,1-4H3,(H,28,30)(H,29,31)/t20-/m1/s1. The molecule has 2 amide bonds. The molecule has 0 aliphatic heterocycles. The molecule has 34 heavy (non-hydrogen) atoms. The molecule has 0 radical (unpaired) electrons. The first-order chi connectivity index (χ1) is 16.2. The first-order valence-electron chi connectivity index (χ1n) is 11.3. The van der Waals surface area contributed by atoms with Crippen LogP contribution in [0.5, 0.6) is 17.4 Å². The second-order valence-corrected chi connectivity index (χ2v) is 9.18. The molecular formula is C25H30N4O5. The number of rotatable bonds is 9. The Labute approximate surface area is 199 Å². The normalized spacial score (nSPS) is 13.9. The fourth-order valence-corrected chi connectivity index (χ4v) is 2.92. The highest BCUT2D eigenvalue weighted by atomic mass is 16.6. The lowest BCUT2D eigenvalue weighted by Crippen LogP contribution is -2.44. The van der Waals surface area contributed by atoms with E-state index < -0.39 is 23.6 Å². The average molecular weight is 467 g/mol. The predicted octanol–water partition coefficient (Wildman–Crippen LogP) is 4.78. The Morgan fingerprint density at radius 3 is 2.59 bits per heavy atom.